The predicted molar refractivity (Wildman–Crippen MR) is 95.4 cm³/mol. The molecule has 1 N–H and O–H groups in total. The van der Waals surface area contributed by atoms with Crippen LogP contribution in [0.2, 0.25) is 0 Å². The molecule has 4 heteroatoms. The van der Waals surface area contributed by atoms with Crippen LogP contribution in [0.1, 0.15) is 61.3 Å². The van der Waals surface area contributed by atoms with E-state index < -0.39 is 6.10 Å². The van der Waals surface area contributed by atoms with Crippen molar-refractivity contribution in [3.8, 4) is 0 Å². The average Bonchev–Trinajstić information content (AvgIpc) is 2.55. The third-order valence-corrected chi connectivity index (χ3v) is 5.49. The van der Waals surface area contributed by atoms with Gasteiger partial charge in [-0.3, -0.25) is 9.59 Å². The Kier molecular flexibility index (Phi) is 7.65. The van der Waals surface area contributed by atoms with Gasteiger partial charge in [-0.15, -0.1) is 0 Å². The van der Waals surface area contributed by atoms with Crippen LogP contribution in [0.4, 0.5) is 0 Å². The van der Waals surface area contributed by atoms with Crippen molar-refractivity contribution < 1.29 is 19.4 Å². The fourth-order valence-corrected chi connectivity index (χ4v) is 3.53. The number of hydrogen-bond acceptors (Lipinski definition) is 4. The standard InChI is InChI=1S/C20H34O4/c1-8-12(3)17(21)15(6)18(22)13(4)9-11(2)10-14(5)19-16(7)20(23)24-19/h9,12-17,19,21H,8,10H2,1-7H3/b11-9+/t12-,13-,14+,15+,16+,17-,19?/m1/s1. The highest BCUT2D eigenvalue weighted by Crippen LogP contribution is 2.32. The number of allylic oxidation sites excluding steroid dienone is 2. The highest BCUT2D eigenvalue weighted by atomic mass is 16.6. The number of hydrogen-bond donors (Lipinski definition) is 1. The largest absolute Gasteiger partial charge is 0.461 e. The van der Waals surface area contributed by atoms with E-state index in [0.717, 1.165) is 18.4 Å². The SMILES string of the molecule is CC[C@@H](C)[C@@H](O)[C@H](C)C(=O)[C@H](C)/C=C(\C)C[C@H](C)C1OC(=O)[C@H]1C. The molecule has 0 saturated carbocycles. The summed E-state index contributed by atoms with van der Waals surface area (Å²) >= 11 is 0. The van der Waals surface area contributed by atoms with Crippen molar-refractivity contribution in [1.82, 2.24) is 0 Å². The van der Waals surface area contributed by atoms with Gasteiger partial charge in [0, 0.05) is 11.8 Å². The molecule has 1 fully saturated rings. The first kappa shape index (κ1) is 20.9. The van der Waals surface area contributed by atoms with Crippen LogP contribution in [-0.2, 0) is 14.3 Å². The number of ketones is 1. The fourth-order valence-electron chi connectivity index (χ4n) is 3.53. The Labute approximate surface area is 146 Å². The second-order valence-electron chi connectivity index (χ2n) is 7.74. The van der Waals surface area contributed by atoms with E-state index >= 15 is 0 Å². The first-order valence-corrected chi connectivity index (χ1v) is 9.19. The number of carbonyl (C=O) groups is 2. The van der Waals surface area contributed by atoms with Gasteiger partial charge in [-0.2, -0.15) is 0 Å². The predicted octanol–water partition coefficient (Wildman–Crippen LogP) is 3.77. The highest BCUT2D eigenvalue weighted by molar-refractivity contribution is 5.85. The van der Waals surface area contributed by atoms with Crippen LogP contribution in [0.15, 0.2) is 11.6 Å². The maximum Gasteiger partial charge on any atom is 0.312 e. The lowest BCUT2D eigenvalue weighted by atomic mass is 9.82. The Morgan fingerprint density at radius 3 is 2.33 bits per heavy atom. The Morgan fingerprint density at radius 1 is 1.29 bits per heavy atom. The van der Waals surface area contributed by atoms with E-state index in [2.05, 4.69) is 6.92 Å². The molecule has 0 aromatic heterocycles. The minimum absolute atomic E-state index is 0.0157. The lowest BCUT2D eigenvalue weighted by Gasteiger charge is -2.37. The normalized spacial score (nSPS) is 27.5. The molecular formula is C20H34O4. The van der Waals surface area contributed by atoms with E-state index in [1.165, 1.54) is 0 Å². The molecule has 0 radical (unpaired) electrons. The molecule has 1 saturated heterocycles. The van der Waals surface area contributed by atoms with Crippen LogP contribution in [0.5, 0.6) is 0 Å². The van der Waals surface area contributed by atoms with E-state index in [4.69, 9.17) is 4.74 Å². The van der Waals surface area contributed by atoms with E-state index in [1.807, 2.05) is 47.6 Å². The molecule has 24 heavy (non-hydrogen) atoms. The van der Waals surface area contributed by atoms with E-state index in [-0.39, 0.29) is 47.4 Å². The summed E-state index contributed by atoms with van der Waals surface area (Å²) in [4.78, 5) is 23.8. The molecule has 1 heterocycles. The zero-order valence-corrected chi connectivity index (χ0v) is 16.2. The van der Waals surface area contributed by atoms with Crippen LogP contribution < -0.4 is 0 Å². The Bertz CT molecular complexity index is 482. The molecule has 1 aliphatic rings. The smallest absolute Gasteiger partial charge is 0.312 e. The molecule has 1 unspecified atom stereocenters. The molecule has 0 aliphatic carbocycles. The van der Waals surface area contributed by atoms with Crippen molar-refractivity contribution in [2.75, 3.05) is 0 Å². The van der Waals surface area contributed by atoms with E-state index in [1.54, 1.807) is 0 Å². The molecule has 0 amide bonds. The number of carbonyl (C=O) groups excluding carboxylic acids is 2. The van der Waals surface area contributed by atoms with Gasteiger partial charge in [0.25, 0.3) is 0 Å². The molecule has 0 aromatic rings. The molecule has 7 atom stereocenters. The number of Topliss-reactive ketones (excluding diaryl/α,β-unsaturated/α-hetero) is 1. The van der Waals surface area contributed by atoms with Gasteiger partial charge in [-0.05, 0) is 32.1 Å². The first-order chi connectivity index (χ1) is 11.1. The first-order valence-electron chi connectivity index (χ1n) is 9.19. The van der Waals surface area contributed by atoms with Crippen LogP contribution in [0.3, 0.4) is 0 Å². The summed E-state index contributed by atoms with van der Waals surface area (Å²) in [6.07, 6.45) is 3.05. The summed E-state index contributed by atoms with van der Waals surface area (Å²) < 4.78 is 5.21. The quantitative estimate of drug-likeness (QED) is 0.513. The minimum atomic E-state index is -0.590. The molecule has 0 bridgehead atoms. The van der Waals surface area contributed by atoms with Crippen molar-refractivity contribution in [3.63, 3.8) is 0 Å². The van der Waals surface area contributed by atoms with Crippen LogP contribution >= 0.6 is 0 Å². The topological polar surface area (TPSA) is 63.6 Å². The lowest BCUT2D eigenvalue weighted by Crippen LogP contribution is -2.47. The summed E-state index contributed by atoms with van der Waals surface area (Å²) in [5.41, 5.74) is 1.13. The molecule has 0 spiro atoms. The second-order valence-corrected chi connectivity index (χ2v) is 7.74. The number of rotatable bonds is 9. The molecule has 4 nitrogen and oxygen atoms in total. The van der Waals surface area contributed by atoms with E-state index in [0.29, 0.717) is 0 Å². The summed E-state index contributed by atoms with van der Waals surface area (Å²) in [5, 5.41) is 10.3. The zero-order valence-electron chi connectivity index (χ0n) is 16.2. The number of esters is 1. The maximum absolute atomic E-state index is 12.5. The van der Waals surface area contributed by atoms with Crippen LogP contribution in [0.25, 0.3) is 0 Å². The highest BCUT2D eigenvalue weighted by Gasteiger charge is 2.41. The van der Waals surface area contributed by atoms with Crippen molar-refractivity contribution in [2.24, 2.45) is 29.6 Å². The third-order valence-electron chi connectivity index (χ3n) is 5.49. The summed E-state index contributed by atoms with van der Waals surface area (Å²) in [7, 11) is 0. The van der Waals surface area contributed by atoms with Gasteiger partial charge in [0.2, 0.25) is 0 Å². The monoisotopic (exact) mass is 338 g/mol. The van der Waals surface area contributed by atoms with Crippen LogP contribution in [-0.4, -0.2) is 29.1 Å². The van der Waals surface area contributed by atoms with Crippen molar-refractivity contribution >= 4 is 11.8 Å². The number of aliphatic hydroxyl groups is 1. The van der Waals surface area contributed by atoms with Gasteiger partial charge in [-0.25, -0.2) is 0 Å². The molecule has 0 aromatic carbocycles. The van der Waals surface area contributed by atoms with Gasteiger partial charge >= 0.3 is 5.97 Å². The molecular weight excluding hydrogens is 304 g/mol. The van der Waals surface area contributed by atoms with Crippen molar-refractivity contribution in [3.05, 3.63) is 11.6 Å². The Morgan fingerprint density at radius 2 is 1.88 bits per heavy atom. The van der Waals surface area contributed by atoms with Crippen LogP contribution in [0, 0.1) is 29.6 Å². The maximum atomic E-state index is 12.5. The molecule has 1 rings (SSSR count). The van der Waals surface area contributed by atoms with Gasteiger partial charge in [0.1, 0.15) is 11.9 Å². The van der Waals surface area contributed by atoms with E-state index in [9.17, 15) is 14.7 Å². The van der Waals surface area contributed by atoms with Gasteiger partial charge in [0.05, 0.1) is 12.0 Å². The zero-order chi connectivity index (χ0) is 18.6. The summed E-state index contributed by atoms with van der Waals surface area (Å²) in [6, 6.07) is 0. The third kappa shape index (κ3) is 4.92. The number of cyclic esters (lactones) is 1. The second kappa shape index (κ2) is 8.80. The fraction of sp³-hybridized carbons (Fsp3) is 0.800. The number of ether oxygens (including phenoxy) is 1. The summed E-state index contributed by atoms with van der Waals surface area (Å²) in [5.74, 6) is -0.271. The summed E-state index contributed by atoms with van der Waals surface area (Å²) in [6.45, 7) is 13.7. The Balaban J connectivity index is 2.60. The molecule has 1 aliphatic heterocycles. The lowest BCUT2D eigenvalue weighted by molar-refractivity contribution is -0.188. The Hall–Kier alpha value is -1.16. The number of aliphatic hydroxyl groups excluding tert-OH is 1. The van der Waals surface area contributed by atoms with Gasteiger partial charge in [-0.1, -0.05) is 52.7 Å². The molecule has 138 valence electrons. The average molecular weight is 338 g/mol. The minimum Gasteiger partial charge on any atom is -0.461 e. The van der Waals surface area contributed by atoms with Gasteiger partial charge < -0.3 is 9.84 Å². The van der Waals surface area contributed by atoms with Crippen molar-refractivity contribution in [2.45, 2.75) is 73.5 Å². The van der Waals surface area contributed by atoms with Crippen molar-refractivity contribution in [1.29, 1.82) is 0 Å². The van der Waals surface area contributed by atoms with Gasteiger partial charge in [0.15, 0.2) is 0 Å².